The van der Waals surface area contributed by atoms with Crippen molar-refractivity contribution in [3.05, 3.63) is 39.3 Å². The van der Waals surface area contributed by atoms with E-state index >= 15 is 0 Å². The summed E-state index contributed by atoms with van der Waals surface area (Å²) in [6.07, 6.45) is 0. The lowest BCUT2D eigenvalue weighted by Gasteiger charge is -2.33. The lowest BCUT2D eigenvalue weighted by atomic mass is 10.3. The van der Waals surface area contributed by atoms with Crippen molar-refractivity contribution < 1.29 is 14.3 Å². The van der Waals surface area contributed by atoms with Crippen molar-refractivity contribution in [1.29, 1.82) is 0 Å². The summed E-state index contributed by atoms with van der Waals surface area (Å²) in [4.78, 5) is 32.8. The number of thiazole rings is 1. The van der Waals surface area contributed by atoms with Gasteiger partial charge in [-0.25, -0.2) is 4.98 Å². The van der Waals surface area contributed by atoms with Crippen molar-refractivity contribution in [3.63, 3.8) is 0 Å². The summed E-state index contributed by atoms with van der Waals surface area (Å²) in [5.41, 5.74) is 1.06. The van der Waals surface area contributed by atoms with E-state index in [1.807, 2.05) is 4.90 Å². The Bertz CT molecular complexity index is 887. The Morgan fingerprint density at radius 1 is 1.23 bits per heavy atom. The summed E-state index contributed by atoms with van der Waals surface area (Å²) in [5.74, 6) is -0.159. The molecule has 8 nitrogen and oxygen atoms in total. The van der Waals surface area contributed by atoms with Gasteiger partial charge in [-0.2, -0.15) is 0 Å². The zero-order valence-corrected chi connectivity index (χ0v) is 18.8. The highest BCUT2D eigenvalue weighted by atomic mass is 35.5. The van der Waals surface area contributed by atoms with Gasteiger partial charge in [0.05, 0.1) is 23.9 Å². The Morgan fingerprint density at radius 3 is 2.70 bits per heavy atom. The zero-order chi connectivity index (χ0) is 21.5. The van der Waals surface area contributed by atoms with E-state index in [0.29, 0.717) is 72.4 Å². The highest BCUT2D eigenvalue weighted by molar-refractivity contribution is 7.14. The second-order valence-corrected chi connectivity index (χ2v) is 8.40. The molecule has 1 saturated heterocycles. The molecule has 2 heterocycles. The monoisotopic (exact) mass is 471 g/mol. The van der Waals surface area contributed by atoms with Crippen LogP contribution in [0.2, 0.25) is 10.0 Å². The zero-order valence-electron chi connectivity index (χ0n) is 16.5. The Kier molecular flexibility index (Phi) is 8.29. The maximum absolute atomic E-state index is 12.8. The normalized spacial score (nSPS) is 14.6. The highest BCUT2D eigenvalue weighted by Gasteiger charge is 2.25. The average molecular weight is 472 g/mol. The first-order valence-electron chi connectivity index (χ1n) is 9.41. The molecule has 1 fully saturated rings. The molecule has 1 aliphatic heterocycles. The number of carbonyl (C=O) groups is 2. The molecule has 0 radical (unpaired) electrons. The van der Waals surface area contributed by atoms with Gasteiger partial charge in [0.1, 0.15) is 5.69 Å². The van der Waals surface area contributed by atoms with Crippen molar-refractivity contribution >= 4 is 57.2 Å². The summed E-state index contributed by atoms with van der Waals surface area (Å²) in [7, 11) is 1.59. The molecule has 0 saturated carbocycles. The number of ether oxygens (including phenoxy) is 1. The lowest BCUT2D eigenvalue weighted by Crippen LogP contribution is -2.51. The average Bonchev–Trinajstić information content (AvgIpc) is 3.19. The molecule has 1 aliphatic rings. The van der Waals surface area contributed by atoms with Gasteiger partial charge >= 0.3 is 0 Å². The summed E-state index contributed by atoms with van der Waals surface area (Å²) in [6, 6.07) is 5.13. The SMILES string of the molecule is COCCNC(=O)CN1CCN(C(=O)c2csc(Nc3ccc(Cl)cc3Cl)n2)CC1. The van der Waals surface area contributed by atoms with E-state index in [1.165, 1.54) is 11.3 Å². The lowest BCUT2D eigenvalue weighted by molar-refractivity contribution is -0.122. The summed E-state index contributed by atoms with van der Waals surface area (Å²) in [5, 5.41) is 9.25. The number of rotatable bonds is 8. The van der Waals surface area contributed by atoms with E-state index in [1.54, 1.807) is 35.6 Å². The van der Waals surface area contributed by atoms with E-state index in [-0.39, 0.29) is 11.8 Å². The van der Waals surface area contributed by atoms with Crippen molar-refractivity contribution in [2.24, 2.45) is 0 Å². The highest BCUT2D eigenvalue weighted by Crippen LogP contribution is 2.29. The van der Waals surface area contributed by atoms with Crippen molar-refractivity contribution in [2.45, 2.75) is 0 Å². The second kappa shape index (κ2) is 10.9. The van der Waals surface area contributed by atoms with Crippen LogP contribution in [0.5, 0.6) is 0 Å². The number of anilines is 2. The Balaban J connectivity index is 1.49. The Labute approximate surface area is 189 Å². The fourth-order valence-corrected chi connectivity index (χ4v) is 4.11. The van der Waals surface area contributed by atoms with Gasteiger partial charge in [0, 0.05) is 50.2 Å². The minimum absolute atomic E-state index is 0.0390. The molecule has 11 heteroatoms. The molecular weight excluding hydrogens is 449 g/mol. The molecule has 0 bridgehead atoms. The first kappa shape index (κ1) is 22.8. The fraction of sp³-hybridized carbons (Fsp3) is 0.421. The molecule has 0 aliphatic carbocycles. The number of carbonyl (C=O) groups excluding carboxylic acids is 2. The number of halogens is 2. The third-order valence-corrected chi connectivity index (χ3v) is 5.86. The number of aromatic nitrogens is 1. The standard InChI is InChI=1S/C19H23Cl2N5O3S/c1-29-9-4-22-17(27)11-25-5-7-26(8-6-25)18(28)16-12-30-19(24-16)23-15-3-2-13(20)10-14(15)21/h2-3,10,12H,4-9,11H2,1H3,(H,22,27)(H,23,24). The second-order valence-electron chi connectivity index (χ2n) is 6.70. The van der Waals surface area contributed by atoms with Gasteiger partial charge in [0.25, 0.3) is 5.91 Å². The number of methoxy groups -OCH3 is 1. The molecule has 1 aromatic heterocycles. The van der Waals surface area contributed by atoms with Gasteiger partial charge in [-0.05, 0) is 18.2 Å². The molecule has 2 amide bonds. The largest absolute Gasteiger partial charge is 0.383 e. The molecule has 0 unspecified atom stereocenters. The van der Waals surface area contributed by atoms with Gasteiger partial charge in [-0.3, -0.25) is 14.5 Å². The molecule has 0 spiro atoms. The van der Waals surface area contributed by atoms with Crippen molar-refractivity contribution in [1.82, 2.24) is 20.1 Å². The molecule has 1 aromatic carbocycles. The number of amides is 2. The van der Waals surface area contributed by atoms with Gasteiger partial charge < -0.3 is 20.3 Å². The third kappa shape index (κ3) is 6.29. The van der Waals surface area contributed by atoms with Crippen LogP contribution in [0.25, 0.3) is 0 Å². The topological polar surface area (TPSA) is 86.8 Å². The first-order valence-corrected chi connectivity index (χ1v) is 11.0. The molecule has 30 heavy (non-hydrogen) atoms. The molecule has 3 rings (SSSR count). The molecule has 162 valence electrons. The Morgan fingerprint density at radius 2 is 2.00 bits per heavy atom. The van der Waals surface area contributed by atoms with Crippen LogP contribution in [0, 0.1) is 0 Å². The van der Waals surface area contributed by atoms with Crippen LogP contribution >= 0.6 is 34.5 Å². The van der Waals surface area contributed by atoms with E-state index in [9.17, 15) is 9.59 Å². The number of nitrogens with zero attached hydrogens (tertiary/aromatic N) is 3. The van der Waals surface area contributed by atoms with E-state index in [4.69, 9.17) is 27.9 Å². The van der Waals surface area contributed by atoms with Crippen LogP contribution in [0.1, 0.15) is 10.5 Å². The van der Waals surface area contributed by atoms with Gasteiger partial charge in [-0.15, -0.1) is 11.3 Å². The van der Waals surface area contributed by atoms with Gasteiger partial charge in [0.2, 0.25) is 5.91 Å². The number of benzene rings is 1. The maximum atomic E-state index is 12.8. The van der Waals surface area contributed by atoms with E-state index in [2.05, 4.69) is 15.6 Å². The fourth-order valence-electron chi connectivity index (χ4n) is 2.96. The number of piperazine rings is 1. The summed E-state index contributed by atoms with van der Waals surface area (Å²) >= 11 is 13.4. The maximum Gasteiger partial charge on any atom is 0.273 e. The van der Waals surface area contributed by atoms with E-state index in [0.717, 1.165) is 0 Å². The van der Waals surface area contributed by atoms with Crippen molar-refractivity contribution in [2.75, 3.05) is 58.3 Å². The van der Waals surface area contributed by atoms with Crippen LogP contribution in [-0.2, 0) is 9.53 Å². The van der Waals surface area contributed by atoms with Gasteiger partial charge in [0.15, 0.2) is 5.13 Å². The minimum Gasteiger partial charge on any atom is -0.383 e. The van der Waals surface area contributed by atoms with Gasteiger partial charge in [-0.1, -0.05) is 23.2 Å². The predicted octanol–water partition coefficient (Wildman–Crippen LogP) is 2.71. The third-order valence-electron chi connectivity index (χ3n) is 4.55. The predicted molar refractivity (Wildman–Crippen MR) is 119 cm³/mol. The van der Waals surface area contributed by atoms with E-state index < -0.39 is 0 Å². The van der Waals surface area contributed by atoms with Crippen LogP contribution < -0.4 is 10.6 Å². The van der Waals surface area contributed by atoms with Crippen molar-refractivity contribution in [3.8, 4) is 0 Å². The number of nitrogens with one attached hydrogen (secondary N) is 2. The number of hydrogen-bond donors (Lipinski definition) is 2. The molecular formula is C19H23Cl2N5O3S. The first-order chi connectivity index (χ1) is 14.5. The summed E-state index contributed by atoms with van der Waals surface area (Å²) in [6.45, 7) is 3.68. The van der Waals surface area contributed by atoms with Crippen LogP contribution in [0.15, 0.2) is 23.6 Å². The molecule has 2 aromatic rings. The quantitative estimate of drug-likeness (QED) is 0.575. The number of hydrogen-bond acceptors (Lipinski definition) is 7. The minimum atomic E-state index is -0.120. The molecule has 2 N–H and O–H groups in total. The smallest absolute Gasteiger partial charge is 0.273 e. The van der Waals surface area contributed by atoms with Crippen LogP contribution in [-0.4, -0.2) is 79.6 Å². The molecule has 0 atom stereocenters. The van der Waals surface area contributed by atoms with Crippen LogP contribution in [0.3, 0.4) is 0 Å². The Hall–Kier alpha value is -1.91. The summed E-state index contributed by atoms with van der Waals surface area (Å²) < 4.78 is 4.92. The van der Waals surface area contributed by atoms with Crippen LogP contribution in [0.4, 0.5) is 10.8 Å².